The lowest BCUT2D eigenvalue weighted by molar-refractivity contribution is 0.218. The van der Waals surface area contributed by atoms with E-state index in [0.29, 0.717) is 12.6 Å². The molecule has 1 saturated heterocycles. The fraction of sp³-hybridized carbons (Fsp3) is 0.571. The molecule has 0 aliphatic carbocycles. The lowest BCUT2D eigenvalue weighted by Crippen LogP contribution is -2.48. The molecule has 0 saturated carbocycles. The Labute approximate surface area is 186 Å². The number of piperidine rings is 1. The average Bonchev–Trinajstić information content (AvgIpc) is 2.68. The highest BCUT2D eigenvalue weighted by atomic mass is 127. The largest absolute Gasteiger partial charge is 0.493 e. The van der Waals surface area contributed by atoms with E-state index in [1.165, 1.54) is 0 Å². The van der Waals surface area contributed by atoms with Crippen LogP contribution in [0.5, 0.6) is 11.5 Å². The summed E-state index contributed by atoms with van der Waals surface area (Å²) in [5.41, 5.74) is 0. The summed E-state index contributed by atoms with van der Waals surface area (Å²) in [5.74, 6) is 2.34. The van der Waals surface area contributed by atoms with Gasteiger partial charge in [0, 0.05) is 32.2 Å². The average molecular weight is 502 g/mol. The summed E-state index contributed by atoms with van der Waals surface area (Å²) in [6.45, 7) is 12.5. The van der Waals surface area contributed by atoms with Gasteiger partial charge in [0.25, 0.3) is 0 Å². The normalized spacial score (nSPS) is 16.6. The number of ether oxygens (including phenoxy) is 2. The predicted molar refractivity (Wildman–Crippen MR) is 127 cm³/mol. The molecule has 2 rings (SSSR count). The van der Waals surface area contributed by atoms with Gasteiger partial charge in [0.05, 0.1) is 13.7 Å². The Bertz CT molecular complexity index is 604. The molecule has 1 aliphatic rings. The van der Waals surface area contributed by atoms with E-state index in [-0.39, 0.29) is 30.1 Å². The van der Waals surface area contributed by atoms with Crippen molar-refractivity contribution in [1.82, 2.24) is 15.5 Å². The molecule has 1 aliphatic heterocycles. The van der Waals surface area contributed by atoms with E-state index >= 15 is 0 Å². The maximum absolute atomic E-state index is 5.99. The summed E-state index contributed by atoms with van der Waals surface area (Å²) < 4.78 is 11.3. The molecule has 0 radical (unpaired) electrons. The second-order valence-electron chi connectivity index (χ2n) is 6.81. The smallest absolute Gasteiger partial charge is 0.191 e. The number of rotatable bonds is 9. The maximum atomic E-state index is 5.99. The number of guanidine groups is 1. The molecule has 1 heterocycles. The molecule has 6 nitrogen and oxygen atoms in total. The zero-order valence-corrected chi connectivity index (χ0v) is 19.6. The van der Waals surface area contributed by atoms with Gasteiger partial charge in [-0.2, -0.15) is 0 Å². The minimum Gasteiger partial charge on any atom is -0.493 e. The van der Waals surface area contributed by atoms with Gasteiger partial charge >= 0.3 is 0 Å². The highest BCUT2D eigenvalue weighted by Crippen LogP contribution is 2.26. The SMILES string of the molecule is C=CCN1CCC(NC(=NCC(C)Oc2ccccc2OC)NCC)CC1.I. The number of para-hydroxylation sites is 2. The molecule has 1 fully saturated rings. The number of hydrogen-bond donors (Lipinski definition) is 2. The Morgan fingerprint density at radius 1 is 1.32 bits per heavy atom. The van der Waals surface area contributed by atoms with Gasteiger partial charge in [0.1, 0.15) is 6.10 Å². The Kier molecular flexibility index (Phi) is 12.0. The van der Waals surface area contributed by atoms with Crippen molar-refractivity contribution >= 4 is 29.9 Å². The van der Waals surface area contributed by atoms with Crippen molar-refractivity contribution in [3.8, 4) is 11.5 Å². The van der Waals surface area contributed by atoms with Gasteiger partial charge in [-0.15, -0.1) is 30.6 Å². The number of halogens is 1. The molecule has 2 N–H and O–H groups in total. The summed E-state index contributed by atoms with van der Waals surface area (Å²) in [6.07, 6.45) is 4.16. The number of methoxy groups -OCH3 is 1. The molecule has 158 valence electrons. The molecule has 0 spiro atoms. The molecule has 1 unspecified atom stereocenters. The quantitative estimate of drug-likeness (QED) is 0.235. The highest BCUT2D eigenvalue weighted by molar-refractivity contribution is 14.0. The van der Waals surface area contributed by atoms with Crippen LogP contribution in [-0.4, -0.2) is 62.8 Å². The number of nitrogens with one attached hydrogen (secondary N) is 2. The van der Waals surface area contributed by atoms with Crippen LogP contribution in [0.25, 0.3) is 0 Å². The topological polar surface area (TPSA) is 58.1 Å². The van der Waals surface area contributed by atoms with Crippen LogP contribution >= 0.6 is 24.0 Å². The van der Waals surface area contributed by atoms with Gasteiger partial charge in [-0.05, 0) is 38.8 Å². The Morgan fingerprint density at radius 2 is 2.00 bits per heavy atom. The summed E-state index contributed by atoms with van der Waals surface area (Å²) in [5, 5.41) is 6.90. The van der Waals surface area contributed by atoms with Crippen LogP contribution in [-0.2, 0) is 0 Å². The summed E-state index contributed by atoms with van der Waals surface area (Å²) in [6, 6.07) is 8.14. The van der Waals surface area contributed by atoms with E-state index in [0.717, 1.165) is 56.5 Å². The molecule has 1 atom stereocenters. The lowest BCUT2D eigenvalue weighted by Gasteiger charge is -2.32. The molecule has 1 aromatic carbocycles. The van der Waals surface area contributed by atoms with Crippen LogP contribution < -0.4 is 20.1 Å². The summed E-state index contributed by atoms with van der Waals surface area (Å²) in [4.78, 5) is 7.14. The molecule has 1 aromatic rings. The fourth-order valence-corrected chi connectivity index (χ4v) is 3.15. The minimum atomic E-state index is -0.0498. The monoisotopic (exact) mass is 502 g/mol. The van der Waals surface area contributed by atoms with Crippen molar-refractivity contribution in [2.45, 2.75) is 38.8 Å². The van der Waals surface area contributed by atoms with Gasteiger partial charge in [-0.3, -0.25) is 4.90 Å². The van der Waals surface area contributed by atoms with E-state index in [1.807, 2.05) is 37.3 Å². The molecule has 7 heteroatoms. The van der Waals surface area contributed by atoms with Crippen molar-refractivity contribution in [2.75, 3.05) is 39.8 Å². The van der Waals surface area contributed by atoms with Gasteiger partial charge in [-0.25, -0.2) is 4.99 Å². The zero-order valence-electron chi connectivity index (χ0n) is 17.3. The van der Waals surface area contributed by atoms with Gasteiger partial charge < -0.3 is 20.1 Å². The number of benzene rings is 1. The molecular weight excluding hydrogens is 467 g/mol. The number of aliphatic imine (C=N–C) groups is 1. The third-order valence-electron chi connectivity index (χ3n) is 4.56. The van der Waals surface area contributed by atoms with Crippen LogP contribution in [0.1, 0.15) is 26.7 Å². The zero-order chi connectivity index (χ0) is 19.5. The summed E-state index contributed by atoms with van der Waals surface area (Å²) in [7, 11) is 1.65. The molecule has 28 heavy (non-hydrogen) atoms. The van der Waals surface area contributed by atoms with Gasteiger partial charge in [0.2, 0.25) is 0 Å². The van der Waals surface area contributed by atoms with Crippen LogP contribution in [0.2, 0.25) is 0 Å². The Balaban J connectivity index is 0.00000392. The predicted octanol–water partition coefficient (Wildman–Crippen LogP) is 3.29. The number of hydrogen-bond acceptors (Lipinski definition) is 4. The van der Waals surface area contributed by atoms with E-state index in [1.54, 1.807) is 7.11 Å². The fourth-order valence-electron chi connectivity index (χ4n) is 3.15. The molecule has 0 aromatic heterocycles. The first-order valence-electron chi connectivity index (χ1n) is 9.84. The lowest BCUT2D eigenvalue weighted by atomic mass is 10.1. The van der Waals surface area contributed by atoms with Crippen LogP contribution in [0.15, 0.2) is 41.9 Å². The Morgan fingerprint density at radius 3 is 2.61 bits per heavy atom. The first kappa shape index (κ1) is 24.6. The molecular formula is C21H35IN4O2. The summed E-state index contributed by atoms with van der Waals surface area (Å²) >= 11 is 0. The standard InChI is InChI=1S/C21H34N4O2.HI/c1-5-13-25-14-11-18(12-15-25)24-21(22-6-2)23-16-17(3)27-20-10-8-7-9-19(20)26-4;/h5,7-10,17-18H,1,6,11-16H2,2-4H3,(H2,22,23,24);1H. The second kappa shape index (κ2) is 13.7. The Hall–Kier alpha value is -1.48. The van der Waals surface area contributed by atoms with E-state index in [2.05, 4.69) is 29.0 Å². The number of likely N-dealkylation sites (tertiary alicyclic amines) is 1. The third-order valence-corrected chi connectivity index (χ3v) is 4.56. The first-order chi connectivity index (χ1) is 13.2. The van der Waals surface area contributed by atoms with Crippen molar-refractivity contribution < 1.29 is 9.47 Å². The van der Waals surface area contributed by atoms with Crippen molar-refractivity contribution in [3.63, 3.8) is 0 Å². The van der Waals surface area contributed by atoms with Crippen molar-refractivity contribution in [2.24, 2.45) is 4.99 Å². The molecule has 0 amide bonds. The van der Waals surface area contributed by atoms with Crippen LogP contribution in [0.4, 0.5) is 0 Å². The second-order valence-corrected chi connectivity index (χ2v) is 6.81. The molecule has 0 bridgehead atoms. The van der Waals surface area contributed by atoms with Crippen LogP contribution in [0, 0.1) is 0 Å². The maximum Gasteiger partial charge on any atom is 0.191 e. The van der Waals surface area contributed by atoms with Gasteiger partial charge in [0.15, 0.2) is 17.5 Å². The minimum absolute atomic E-state index is 0. The highest BCUT2D eigenvalue weighted by Gasteiger charge is 2.19. The van der Waals surface area contributed by atoms with Crippen molar-refractivity contribution in [1.29, 1.82) is 0 Å². The van der Waals surface area contributed by atoms with Crippen LogP contribution in [0.3, 0.4) is 0 Å². The van der Waals surface area contributed by atoms with E-state index in [9.17, 15) is 0 Å². The number of nitrogens with zero attached hydrogens (tertiary/aromatic N) is 2. The third kappa shape index (κ3) is 8.26. The first-order valence-corrected chi connectivity index (χ1v) is 9.84. The van der Waals surface area contributed by atoms with Gasteiger partial charge in [-0.1, -0.05) is 18.2 Å². The van der Waals surface area contributed by atoms with Crippen molar-refractivity contribution in [3.05, 3.63) is 36.9 Å². The van der Waals surface area contributed by atoms with E-state index < -0.39 is 0 Å². The van der Waals surface area contributed by atoms with E-state index in [4.69, 9.17) is 14.5 Å².